The molecule has 0 bridgehead atoms. The molecular weight excluding hydrogens is 362 g/mol. The van der Waals surface area contributed by atoms with Crippen molar-refractivity contribution >= 4 is 22.8 Å². The van der Waals surface area contributed by atoms with E-state index >= 15 is 0 Å². The molecule has 1 heterocycles. The van der Waals surface area contributed by atoms with E-state index in [0.717, 1.165) is 4.57 Å². The number of carbonyl (C=O) groups is 2. The molecule has 3 N–H and O–H groups in total. The van der Waals surface area contributed by atoms with Crippen molar-refractivity contribution in [1.82, 2.24) is 14.9 Å². The summed E-state index contributed by atoms with van der Waals surface area (Å²) in [5, 5.41) is 12.3. The number of amides is 1. The summed E-state index contributed by atoms with van der Waals surface area (Å²) in [7, 11) is 0. The second kappa shape index (κ2) is 8.86. The molecule has 0 saturated heterocycles. The molecule has 0 saturated carbocycles. The number of aromatic nitrogens is 2. The van der Waals surface area contributed by atoms with Crippen LogP contribution in [-0.4, -0.2) is 32.6 Å². The van der Waals surface area contributed by atoms with Gasteiger partial charge in [-0.1, -0.05) is 46.2 Å². The van der Waals surface area contributed by atoms with E-state index in [1.54, 1.807) is 31.2 Å². The summed E-state index contributed by atoms with van der Waals surface area (Å²) >= 11 is 0. The zero-order chi connectivity index (χ0) is 21.0. The number of hydrogen-bond donors (Lipinski definition) is 3. The van der Waals surface area contributed by atoms with Gasteiger partial charge in [0.05, 0.1) is 10.9 Å². The van der Waals surface area contributed by atoms with Gasteiger partial charge in [0, 0.05) is 0 Å². The number of hydrogen-bond acceptors (Lipinski definition) is 4. The maximum absolute atomic E-state index is 13.0. The topological polar surface area (TPSA) is 121 Å². The number of nitrogens with zero attached hydrogens (tertiary/aromatic N) is 1. The summed E-state index contributed by atoms with van der Waals surface area (Å²) in [4.78, 5) is 52.7. The Hall–Kier alpha value is -2.90. The summed E-state index contributed by atoms with van der Waals surface area (Å²) in [6.45, 7) is 7.29. The predicted octanol–water partition coefficient (Wildman–Crippen LogP) is 1.89. The van der Waals surface area contributed by atoms with Crippen LogP contribution in [0.15, 0.2) is 33.9 Å². The molecule has 0 aliphatic carbocycles. The second-order valence-electron chi connectivity index (χ2n) is 7.51. The molecule has 28 heavy (non-hydrogen) atoms. The van der Waals surface area contributed by atoms with Crippen LogP contribution in [0, 0.1) is 11.8 Å². The van der Waals surface area contributed by atoms with Gasteiger partial charge in [-0.25, -0.2) is 14.2 Å². The number of carbonyl (C=O) groups excluding carboxylic acids is 1. The molecule has 2 aromatic rings. The van der Waals surface area contributed by atoms with Crippen LogP contribution in [0.5, 0.6) is 0 Å². The van der Waals surface area contributed by atoms with Gasteiger partial charge in [-0.3, -0.25) is 9.59 Å². The highest BCUT2D eigenvalue weighted by molar-refractivity contribution is 5.86. The number of H-pyrrole nitrogens is 1. The Morgan fingerprint density at radius 3 is 2.39 bits per heavy atom. The molecule has 3 atom stereocenters. The van der Waals surface area contributed by atoms with Crippen LogP contribution in [0.25, 0.3) is 10.9 Å². The number of benzene rings is 1. The summed E-state index contributed by atoms with van der Waals surface area (Å²) in [6, 6.07) is 4.36. The summed E-state index contributed by atoms with van der Waals surface area (Å²) in [5.41, 5.74) is -0.879. The Kier molecular flexibility index (Phi) is 6.77. The maximum atomic E-state index is 13.0. The van der Waals surface area contributed by atoms with E-state index in [0.29, 0.717) is 17.3 Å². The van der Waals surface area contributed by atoms with Crippen molar-refractivity contribution in [3.8, 4) is 0 Å². The van der Waals surface area contributed by atoms with Crippen LogP contribution in [0.1, 0.15) is 46.6 Å². The first kappa shape index (κ1) is 21.4. The highest BCUT2D eigenvalue weighted by Gasteiger charge is 2.31. The van der Waals surface area contributed by atoms with Crippen molar-refractivity contribution < 1.29 is 14.7 Å². The van der Waals surface area contributed by atoms with Gasteiger partial charge in [0.25, 0.3) is 5.56 Å². The van der Waals surface area contributed by atoms with Crippen molar-refractivity contribution in [2.24, 2.45) is 11.8 Å². The fraction of sp³-hybridized carbons (Fsp3) is 0.500. The number of aliphatic carboxylic acids is 1. The zero-order valence-corrected chi connectivity index (χ0v) is 16.6. The van der Waals surface area contributed by atoms with Crippen LogP contribution in [-0.2, 0) is 9.59 Å². The van der Waals surface area contributed by atoms with Crippen LogP contribution >= 0.6 is 0 Å². The molecule has 1 aromatic heterocycles. The van der Waals surface area contributed by atoms with Gasteiger partial charge in [0.1, 0.15) is 12.1 Å². The molecular formula is C20H27N3O5. The number of carboxylic acid groups (broad SMARTS) is 1. The summed E-state index contributed by atoms with van der Waals surface area (Å²) in [6.07, 6.45) is 0.780. The third-order valence-corrected chi connectivity index (χ3v) is 4.92. The van der Waals surface area contributed by atoms with Crippen molar-refractivity contribution in [3.05, 3.63) is 45.1 Å². The molecule has 3 unspecified atom stereocenters. The smallest absolute Gasteiger partial charge is 0.329 e. The number of para-hydroxylation sites is 1. The van der Waals surface area contributed by atoms with Gasteiger partial charge in [0.2, 0.25) is 5.91 Å². The Morgan fingerprint density at radius 1 is 1.18 bits per heavy atom. The van der Waals surface area contributed by atoms with E-state index in [-0.39, 0.29) is 18.3 Å². The first-order valence-corrected chi connectivity index (χ1v) is 9.44. The Balaban J connectivity index is 2.54. The minimum Gasteiger partial charge on any atom is -0.480 e. The van der Waals surface area contributed by atoms with Crippen molar-refractivity contribution in [3.63, 3.8) is 0 Å². The summed E-state index contributed by atoms with van der Waals surface area (Å²) < 4.78 is 0.896. The third kappa shape index (κ3) is 4.49. The minimum absolute atomic E-state index is 0.000368. The highest BCUT2D eigenvalue weighted by Crippen LogP contribution is 2.18. The van der Waals surface area contributed by atoms with Crippen LogP contribution in [0.3, 0.4) is 0 Å². The van der Waals surface area contributed by atoms with Gasteiger partial charge < -0.3 is 15.4 Å². The minimum atomic E-state index is -1.15. The molecule has 0 spiro atoms. The third-order valence-electron chi connectivity index (χ3n) is 4.92. The molecule has 1 aromatic carbocycles. The lowest BCUT2D eigenvalue weighted by molar-refractivity contribution is -0.144. The zero-order valence-electron chi connectivity index (χ0n) is 16.6. The monoisotopic (exact) mass is 389 g/mol. The highest BCUT2D eigenvalue weighted by atomic mass is 16.4. The maximum Gasteiger partial charge on any atom is 0.329 e. The molecule has 8 heteroatoms. The first-order chi connectivity index (χ1) is 13.2. The Morgan fingerprint density at radius 2 is 1.82 bits per heavy atom. The molecule has 0 fully saturated rings. The van der Waals surface area contributed by atoms with Gasteiger partial charge in [0.15, 0.2) is 0 Å². The van der Waals surface area contributed by atoms with E-state index < -0.39 is 35.2 Å². The SMILES string of the molecule is CCC(C)C(NC(=O)C(CC(C)C)n1c(=O)[nH]c2ccccc2c1=O)C(=O)O. The van der Waals surface area contributed by atoms with E-state index in [2.05, 4.69) is 10.3 Å². The van der Waals surface area contributed by atoms with E-state index in [4.69, 9.17) is 0 Å². The van der Waals surface area contributed by atoms with Crippen molar-refractivity contribution in [2.45, 2.75) is 52.6 Å². The standard InChI is InChI=1S/C20H27N3O5/c1-5-12(4)16(19(26)27)22-17(24)15(10-11(2)3)23-18(25)13-8-6-7-9-14(13)21-20(23)28/h6-9,11-12,15-16H,5,10H2,1-4H3,(H,21,28)(H,22,24)(H,26,27). The number of aromatic amines is 1. The fourth-order valence-corrected chi connectivity index (χ4v) is 3.17. The molecule has 1 amide bonds. The van der Waals surface area contributed by atoms with Crippen LogP contribution < -0.4 is 16.6 Å². The van der Waals surface area contributed by atoms with Crippen LogP contribution in [0.2, 0.25) is 0 Å². The van der Waals surface area contributed by atoms with Crippen LogP contribution in [0.4, 0.5) is 0 Å². The van der Waals surface area contributed by atoms with E-state index in [1.807, 2.05) is 20.8 Å². The molecule has 0 aliphatic heterocycles. The molecule has 152 valence electrons. The van der Waals surface area contributed by atoms with E-state index in [9.17, 15) is 24.3 Å². The van der Waals surface area contributed by atoms with Gasteiger partial charge in [-0.05, 0) is 30.4 Å². The van der Waals surface area contributed by atoms with E-state index in [1.165, 1.54) is 0 Å². The predicted molar refractivity (Wildman–Crippen MR) is 106 cm³/mol. The number of rotatable bonds is 8. The average molecular weight is 389 g/mol. The quantitative estimate of drug-likeness (QED) is 0.637. The lowest BCUT2D eigenvalue weighted by Crippen LogP contribution is -2.51. The number of nitrogens with one attached hydrogen (secondary N) is 2. The van der Waals surface area contributed by atoms with Crippen molar-refractivity contribution in [2.75, 3.05) is 0 Å². The summed E-state index contributed by atoms with van der Waals surface area (Å²) in [5.74, 6) is -2.09. The molecule has 8 nitrogen and oxygen atoms in total. The molecule has 2 rings (SSSR count). The normalized spacial score (nSPS) is 14.6. The van der Waals surface area contributed by atoms with Gasteiger partial charge >= 0.3 is 11.7 Å². The Labute approximate surface area is 162 Å². The van der Waals surface area contributed by atoms with Crippen molar-refractivity contribution in [1.29, 1.82) is 0 Å². The average Bonchev–Trinajstić information content (AvgIpc) is 2.63. The second-order valence-corrected chi connectivity index (χ2v) is 7.51. The first-order valence-electron chi connectivity index (χ1n) is 9.44. The lowest BCUT2D eigenvalue weighted by atomic mass is 9.97. The lowest BCUT2D eigenvalue weighted by Gasteiger charge is -2.25. The Bertz CT molecular complexity index is 976. The van der Waals surface area contributed by atoms with Gasteiger partial charge in [-0.15, -0.1) is 0 Å². The molecule has 0 radical (unpaired) electrons. The van der Waals surface area contributed by atoms with Gasteiger partial charge in [-0.2, -0.15) is 0 Å². The number of carboxylic acids is 1. The number of fused-ring (bicyclic) bond motifs is 1. The largest absolute Gasteiger partial charge is 0.480 e. The fourth-order valence-electron chi connectivity index (χ4n) is 3.17. The molecule has 0 aliphatic rings.